The highest BCUT2D eigenvalue weighted by Gasteiger charge is 2.11. The van der Waals surface area contributed by atoms with Crippen molar-refractivity contribution in [3.05, 3.63) is 47.5 Å². The van der Waals surface area contributed by atoms with Crippen LogP contribution in [0.2, 0.25) is 0 Å². The summed E-state index contributed by atoms with van der Waals surface area (Å²) in [6, 6.07) is 0. The molecule has 0 atom stereocenters. The van der Waals surface area contributed by atoms with E-state index in [1.165, 1.54) is 12.0 Å². The summed E-state index contributed by atoms with van der Waals surface area (Å²) in [5, 5.41) is 0. The summed E-state index contributed by atoms with van der Waals surface area (Å²) >= 11 is 1.27. The van der Waals surface area contributed by atoms with E-state index in [1.807, 2.05) is 18.2 Å². The normalized spacial score (nSPS) is 21.1. The average Bonchev–Trinajstić information content (AvgIpc) is 2.62. The molecule has 3 nitrogen and oxygen atoms in total. The second kappa shape index (κ2) is 4.93. The van der Waals surface area contributed by atoms with Gasteiger partial charge in [0.05, 0.1) is 17.8 Å². The minimum Gasteiger partial charge on any atom is -0.484 e. The first-order valence-electron chi connectivity index (χ1n) is 4.20. The molecule has 1 radical (unpaired) electrons. The standard InChI is InChI=1S/C10H9O3S/c1-2-7-13-14-10(4-1)9-8-11-5-3-6-12-9/h1-5H,6-7H2. The lowest BCUT2D eigenvalue weighted by atomic mass is 10.4. The van der Waals surface area contributed by atoms with E-state index < -0.39 is 0 Å². The monoisotopic (exact) mass is 209 g/mol. The lowest BCUT2D eigenvalue weighted by Crippen LogP contribution is -1.94. The molecule has 0 unspecified atom stereocenters. The third kappa shape index (κ3) is 2.43. The van der Waals surface area contributed by atoms with Crippen LogP contribution in [0.1, 0.15) is 0 Å². The summed E-state index contributed by atoms with van der Waals surface area (Å²) in [7, 11) is 0. The number of hydrogen-bond acceptors (Lipinski definition) is 4. The highest BCUT2D eigenvalue weighted by Crippen LogP contribution is 2.28. The summed E-state index contributed by atoms with van der Waals surface area (Å²) in [5.74, 6) is 0.576. The van der Waals surface area contributed by atoms with Gasteiger partial charge in [0.1, 0.15) is 6.61 Å². The van der Waals surface area contributed by atoms with Crippen molar-refractivity contribution in [2.75, 3.05) is 13.2 Å². The smallest absolute Gasteiger partial charge is 0.215 e. The third-order valence-corrected chi connectivity index (χ3v) is 2.32. The molecule has 0 amide bonds. The van der Waals surface area contributed by atoms with Gasteiger partial charge in [0.25, 0.3) is 0 Å². The minimum atomic E-state index is 0.490. The fraction of sp³-hybridized carbons (Fsp3) is 0.200. The molecule has 0 saturated carbocycles. The lowest BCUT2D eigenvalue weighted by molar-refractivity contribution is 0.247. The van der Waals surface area contributed by atoms with Crippen LogP contribution in [-0.4, -0.2) is 13.2 Å². The number of allylic oxidation sites excluding steroid dienone is 2. The molecule has 0 N–H and O–H groups in total. The zero-order valence-electron chi connectivity index (χ0n) is 7.43. The Morgan fingerprint density at radius 1 is 1.29 bits per heavy atom. The van der Waals surface area contributed by atoms with E-state index in [1.54, 1.807) is 12.3 Å². The summed E-state index contributed by atoms with van der Waals surface area (Å²) < 4.78 is 15.6. The van der Waals surface area contributed by atoms with Crippen LogP contribution in [0.15, 0.2) is 41.2 Å². The van der Waals surface area contributed by atoms with E-state index in [0.29, 0.717) is 19.0 Å². The Morgan fingerprint density at radius 2 is 2.29 bits per heavy atom. The summed E-state index contributed by atoms with van der Waals surface area (Å²) in [6.07, 6.45) is 11.8. The zero-order chi connectivity index (χ0) is 9.64. The molecule has 2 heterocycles. The van der Waals surface area contributed by atoms with Gasteiger partial charge in [-0.3, -0.25) is 0 Å². The molecule has 0 fully saturated rings. The van der Waals surface area contributed by atoms with Gasteiger partial charge in [-0.05, 0) is 12.2 Å². The number of ether oxygens (including phenoxy) is 2. The minimum absolute atomic E-state index is 0.490. The zero-order valence-corrected chi connectivity index (χ0v) is 8.25. The molecule has 2 aliphatic heterocycles. The first kappa shape index (κ1) is 9.43. The van der Waals surface area contributed by atoms with Crippen molar-refractivity contribution in [1.29, 1.82) is 0 Å². The summed E-state index contributed by atoms with van der Waals surface area (Å²) in [6.45, 7) is 1.08. The van der Waals surface area contributed by atoms with E-state index in [2.05, 4.69) is 6.26 Å². The molecule has 0 spiro atoms. The Labute approximate surface area is 86.9 Å². The number of rotatable bonds is 1. The van der Waals surface area contributed by atoms with Crippen LogP contribution in [0, 0.1) is 6.26 Å². The van der Waals surface area contributed by atoms with Crippen molar-refractivity contribution in [2.45, 2.75) is 0 Å². The van der Waals surface area contributed by atoms with Crippen molar-refractivity contribution in [3.63, 3.8) is 0 Å². The predicted molar refractivity (Wildman–Crippen MR) is 53.7 cm³/mol. The highest BCUT2D eigenvalue weighted by molar-refractivity contribution is 7.98. The van der Waals surface area contributed by atoms with Gasteiger partial charge in [0.15, 0.2) is 5.76 Å². The molecular formula is C10H9O3S. The molecule has 14 heavy (non-hydrogen) atoms. The summed E-state index contributed by atoms with van der Waals surface area (Å²) in [4.78, 5) is 0.863. The molecule has 2 rings (SSSR count). The van der Waals surface area contributed by atoms with Crippen molar-refractivity contribution < 1.29 is 13.7 Å². The quantitative estimate of drug-likeness (QED) is 0.619. The van der Waals surface area contributed by atoms with Gasteiger partial charge >= 0.3 is 0 Å². The van der Waals surface area contributed by atoms with E-state index >= 15 is 0 Å². The van der Waals surface area contributed by atoms with Crippen molar-refractivity contribution in [3.8, 4) is 0 Å². The first-order chi connectivity index (χ1) is 6.97. The van der Waals surface area contributed by atoms with Gasteiger partial charge in [-0.2, -0.15) is 0 Å². The molecule has 0 aromatic rings. The fourth-order valence-electron chi connectivity index (χ4n) is 0.946. The maximum absolute atomic E-state index is 5.39. The van der Waals surface area contributed by atoms with Gasteiger partial charge in [0.2, 0.25) is 6.26 Å². The Kier molecular flexibility index (Phi) is 3.32. The van der Waals surface area contributed by atoms with E-state index in [9.17, 15) is 0 Å². The van der Waals surface area contributed by atoms with Crippen LogP contribution >= 0.6 is 12.0 Å². The molecular weight excluding hydrogens is 200 g/mol. The Balaban J connectivity index is 2.09. The van der Waals surface area contributed by atoms with E-state index in [4.69, 9.17) is 13.7 Å². The third-order valence-electron chi connectivity index (χ3n) is 1.56. The van der Waals surface area contributed by atoms with Gasteiger partial charge in [-0.25, -0.2) is 0 Å². The van der Waals surface area contributed by atoms with Crippen LogP contribution in [0.25, 0.3) is 0 Å². The molecule has 0 aromatic carbocycles. The second-order valence-electron chi connectivity index (χ2n) is 2.56. The predicted octanol–water partition coefficient (Wildman–Crippen LogP) is 2.31. The Morgan fingerprint density at radius 3 is 3.29 bits per heavy atom. The van der Waals surface area contributed by atoms with Gasteiger partial charge < -0.3 is 13.7 Å². The van der Waals surface area contributed by atoms with Gasteiger partial charge in [-0.1, -0.05) is 12.2 Å². The highest BCUT2D eigenvalue weighted by atomic mass is 32.2. The Hall–Kier alpha value is -1.13. The average molecular weight is 209 g/mol. The first-order valence-corrected chi connectivity index (χ1v) is 4.94. The van der Waals surface area contributed by atoms with Gasteiger partial charge in [-0.15, -0.1) is 0 Å². The number of hydrogen-bond donors (Lipinski definition) is 0. The molecule has 0 saturated heterocycles. The molecule has 0 aliphatic carbocycles. The lowest BCUT2D eigenvalue weighted by Gasteiger charge is -2.07. The molecule has 4 heteroatoms. The largest absolute Gasteiger partial charge is 0.484 e. The molecule has 0 bridgehead atoms. The maximum Gasteiger partial charge on any atom is 0.215 e. The topological polar surface area (TPSA) is 27.7 Å². The Bertz CT molecular complexity index is 315. The van der Waals surface area contributed by atoms with Gasteiger partial charge in [0, 0.05) is 12.0 Å². The van der Waals surface area contributed by atoms with Crippen LogP contribution in [0.5, 0.6) is 0 Å². The van der Waals surface area contributed by atoms with Crippen molar-refractivity contribution in [1.82, 2.24) is 0 Å². The van der Waals surface area contributed by atoms with Crippen LogP contribution in [0.3, 0.4) is 0 Å². The van der Waals surface area contributed by atoms with Crippen LogP contribution in [-0.2, 0) is 13.7 Å². The van der Waals surface area contributed by atoms with Crippen LogP contribution in [0.4, 0.5) is 0 Å². The summed E-state index contributed by atoms with van der Waals surface area (Å²) in [5.41, 5.74) is 0. The SMILES string of the molecule is [C]1=C(C2=CC=CCOS2)OCC=CO1. The van der Waals surface area contributed by atoms with Crippen molar-refractivity contribution >= 4 is 12.0 Å². The molecule has 0 aromatic heterocycles. The second-order valence-corrected chi connectivity index (χ2v) is 3.40. The van der Waals surface area contributed by atoms with Crippen molar-refractivity contribution in [2.24, 2.45) is 0 Å². The fourth-order valence-corrected chi connectivity index (χ4v) is 1.53. The van der Waals surface area contributed by atoms with Crippen LogP contribution < -0.4 is 0 Å². The van der Waals surface area contributed by atoms with E-state index in [0.717, 1.165) is 4.91 Å². The maximum atomic E-state index is 5.39. The molecule has 73 valence electrons. The van der Waals surface area contributed by atoms with E-state index in [-0.39, 0.29) is 0 Å². The molecule has 2 aliphatic rings.